The molecule has 2 heterocycles. The molecule has 0 saturated carbocycles. The van der Waals surface area contributed by atoms with E-state index in [0.717, 1.165) is 16.9 Å². The average Bonchev–Trinajstić information content (AvgIpc) is 3.22. The summed E-state index contributed by atoms with van der Waals surface area (Å²) in [4.78, 5) is 14.8. The molecule has 1 unspecified atom stereocenters. The fourth-order valence-corrected chi connectivity index (χ4v) is 3.21. The molecule has 1 N–H and O–H groups in total. The monoisotopic (exact) mass is 348 g/mol. The number of rotatable bonds is 5. The maximum absolute atomic E-state index is 13.0. The number of para-hydroxylation sites is 1. The second-order valence-electron chi connectivity index (χ2n) is 6.13. The van der Waals surface area contributed by atoms with Crippen molar-refractivity contribution >= 4 is 11.6 Å². The van der Waals surface area contributed by atoms with E-state index >= 15 is 0 Å². The maximum atomic E-state index is 13.0. The number of methoxy groups -OCH3 is 1. The molecule has 0 spiro atoms. The number of fused-ring (bicyclic) bond motifs is 1. The Morgan fingerprint density at radius 1 is 1.12 bits per heavy atom. The molecule has 3 aromatic rings. The van der Waals surface area contributed by atoms with E-state index in [4.69, 9.17) is 4.74 Å². The van der Waals surface area contributed by atoms with E-state index < -0.39 is 0 Å². The number of aromatic nitrogens is 2. The zero-order valence-corrected chi connectivity index (χ0v) is 14.5. The first kappa shape index (κ1) is 16.4. The van der Waals surface area contributed by atoms with Gasteiger partial charge in [-0.1, -0.05) is 24.3 Å². The van der Waals surface area contributed by atoms with Gasteiger partial charge >= 0.3 is 0 Å². The van der Waals surface area contributed by atoms with Crippen LogP contribution in [0.25, 0.3) is 5.69 Å². The third-order valence-electron chi connectivity index (χ3n) is 4.54. The lowest BCUT2D eigenvalue weighted by atomic mass is 10.0. The molecule has 4 rings (SSSR count). The summed E-state index contributed by atoms with van der Waals surface area (Å²) in [5.41, 5.74) is 3.53. The van der Waals surface area contributed by atoms with Gasteiger partial charge in [-0.3, -0.25) is 4.79 Å². The average molecular weight is 348 g/mol. The van der Waals surface area contributed by atoms with Crippen LogP contribution in [0.3, 0.4) is 0 Å². The van der Waals surface area contributed by atoms with Gasteiger partial charge in [-0.15, -0.1) is 0 Å². The zero-order chi connectivity index (χ0) is 17.9. The Labute approximate surface area is 152 Å². The summed E-state index contributed by atoms with van der Waals surface area (Å²) in [6.07, 6.45) is 3.41. The number of hydrogen-bond donors (Lipinski definition) is 1. The Kier molecular flexibility index (Phi) is 4.41. The van der Waals surface area contributed by atoms with Gasteiger partial charge in [0.2, 0.25) is 0 Å². The smallest absolute Gasteiger partial charge is 0.257 e. The number of ether oxygens (including phenoxy) is 1. The van der Waals surface area contributed by atoms with E-state index in [9.17, 15) is 4.79 Å². The SMILES string of the molecule is COCCN1C(=O)c2ccccc2NC1c1ccc(-n2cccn2)cc1. The summed E-state index contributed by atoms with van der Waals surface area (Å²) in [7, 11) is 1.64. The molecule has 0 bridgehead atoms. The minimum Gasteiger partial charge on any atom is -0.383 e. The van der Waals surface area contributed by atoms with Crippen molar-refractivity contribution in [2.24, 2.45) is 0 Å². The molecule has 26 heavy (non-hydrogen) atoms. The van der Waals surface area contributed by atoms with Gasteiger partial charge in [0.15, 0.2) is 0 Å². The molecule has 2 aromatic carbocycles. The fourth-order valence-electron chi connectivity index (χ4n) is 3.21. The van der Waals surface area contributed by atoms with Gasteiger partial charge in [0.25, 0.3) is 5.91 Å². The van der Waals surface area contributed by atoms with Crippen molar-refractivity contribution in [1.29, 1.82) is 0 Å². The number of hydrogen-bond acceptors (Lipinski definition) is 4. The summed E-state index contributed by atoms with van der Waals surface area (Å²) in [5.74, 6) is 0.0116. The first-order chi connectivity index (χ1) is 12.8. The number of nitrogens with zero attached hydrogens (tertiary/aromatic N) is 3. The van der Waals surface area contributed by atoms with Crippen molar-refractivity contribution in [2.75, 3.05) is 25.6 Å². The van der Waals surface area contributed by atoms with Crippen LogP contribution in [-0.2, 0) is 4.74 Å². The molecule has 1 atom stereocenters. The quantitative estimate of drug-likeness (QED) is 0.770. The molecule has 0 aliphatic carbocycles. The van der Waals surface area contributed by atoms with Crippen LogP contribution >= 0.6 is 0 Å². The van der Waals surface area contributed by atoms with Crippen molar-refractivity contribution in [3.63, 3.8) is 0 Å². The molecule has 1 aliphatic rings. The molecule has 132 valence electrons. The van der Waals surface area contributed by atoms with Gasteiger partial charge in [0.05, 0.1) is 17.9 Å². The van der Waals surface area contributed by atoms with Crippen LogP contribution in [0.5, 0.6) is 0 Å². The van der Waals surface area contributed by atoms with Crippen LogP contribution in [0, 0.1) is 0 Å². The molecule has 0 radical (unpaired) electrons. The van der Waals surface area contributed by atoms with Crippen LogP contribution in [0.4, 0.5) is 5.69 Å². The summed E-state index contributed by atoms with van der Waals surface area (Å²) >= 11 is 0. The normalized spacial score (nSPS) is 16.3. The van der Waals surface area contributed by atoms with Gasteiger partial charge in [0.1, 0.15) is 6.17 Å². The Hall–Kier alpha value is -3.12. The molecule has 6 heteroatoms. The predicted molar refractivity (Wildman–Crippen MR) is 99.3 cm³/mol. The van der Waals surface area contributed by atoms with Crippen molar-refractivity contribution in [1.82, 2.24) is 14.7 Å². The van der Waals surface area contributed by atoms with Gasteiger partial charge < -0.3 is 15.0 Å². The van der Waals surface area contributed by atoms with E-state index in [1.54, 1.807) is 18.0 Å². The highest BCUT2D eigenvalue weighted by Crippen LogP contribution is 2.33. The second-order valence-corrected chi connectivity index (χ2v) is 6.13. The van der Waals surface area contributed by atoms with Crippen LogP contribution < -0.4 is 5.32 Å². The topological polar surface area (TPSA) is 59.4 Å². The number of carbonyl (C=O) groups excluding carboxylic acids is 1. The van der Waals surface area contributed by atoms with Crippen LogP contribution in [0.2, 0.25) is 0 Å². The lowest BCUT2D eigenvalue weighted by molar-refractivity contribution is 0.0609. The number of carbonyl (C=O) groups is 1. The zero-order valence-electron chi connectivity index (χ0n) is 14.5. The number of nitrogens with one attached hydrogen (secondary N) is 1. The van der Waals surface area contributed by atoms with E-state index in [0.29, 0.717) is 18.7 Å². The Bertz CT molecular complexity index is 890. The molecule has 1 aromatic heterocycles. The molecule has 6 nitrogen and oxygen atoms in total. The number of benzene rings is 2. The maximum Gasteiger partial charge on any atom is 0.257 e. The predicted octanol–water partition coefficient (Wildman–Crippen LogP) is 3.09. The lowest BCUT2D eigenvalue weighted by Crippen LogP contribution is -2.44. The van der Waals surface area contributed by atoms with Gasteiger partial charge in [-0.05, 0) is 35.9 Å². The summed E-state index contributed by atoms with van der Waals surface area (Å²) in [6, 6.07) is 17.5. The standard InChI is InChI=1S/C20H20N4O2/c1-26-14-13-23-19(22-18-6-3-2-5-17(18)20(23)25)15-7-9-16(10-8-15)24-12-4-11-21-24/h2-12,19,22H,13-14H2,1H3. The lowest BCUT2D eigenvalue weighted by Gasteiger charge is -2.38. The molecular weight excluding hydrogens is 328 g/mol. The fraction of sp³-hybridized carbons (Fsp3) is 0.200. The van der Waals surface area contributed by atoms with Crippen molar-refractivity contribution in [2.45, 2.75) is 6.17 Å². The third kappa shape index (κ3) is 2.95. The Balaban J connectivity index is 1.67. The highest BCUT2D eigenvalue weighted by molar-refractivity contribution is 6.01. The van der Waals surface area contributed by atoms with Crippen LogP contribution in [0.1, 0.15) is 22.1 Å². The van der Waals surface area contributed by atoms with Crippen molar-refractivity contribution in [3.05, 3.63) is 78.1 Å². The minimum atomic E-state index is -0.237. The first-order valence-corrected chi connectivity index (χ1v) is 8.53. The molecular formula is C20H20N4O2. The second kappa shape index (κ2) is 7.01. The highest BCUT2D eigenvalue weighted by Gasteiger charge is 2.32. The highest BCUT2D eigenvalue weighted by atomic mass is 16.5. The van der Waals surface area contributed by atoms with Gasteiger partial charge in [-0.2, -0.15) is 5.10 Å². The van der Waals surface area contributed by atoms with E-state index in [1.807, 2.05) is 65.7 Å². The summed E-state index contributed by atoms with van der Waals surface area (Å²) in [5, 5.41) is 7.73. The van der Waals surface area contributed by atoms with Gasteiger partial charge in [0, 0.05) is 31.7 Å². The van der Waals surface area contributed by atoms with Crippen molar-refractivity contribution < 1.29 is 9.53 Å². The summed E-state index contributed by atoms with van der Waals surface area (Å²) < 4.78 is 7.01. The van der Waals surface area contributed by atoms with E-state index in [-0.39, 0.29) is 12.1 Å². The first-order valence-electron chi connectivity index (χ1n) is 8.53. The Morgan fingerprint density at radius 3 is 2.65 bits per heavy atom. The van der Waals surface area contributed by atoms with Gasteiger partial charge in [-0.25, -0.2) is 4.68 Å². The van der Waals surface area contributed by atoms with E-state index in [2.05, 4.69) is 10.4 Å². The number of anilines is 1. The molecule has 1 amide bonds. The summed E-state index contributed by atoms with van der Waals surface area (Å²) in [6.45, 7) is 1.000. The third-order valence-corrected chi connectivity index (χ3v) is 4.54. The van der Waals surface area contributed by atoms with Crippen molar-refractivity contribution in [3.8, 4) is 5.69 Å². The molecule has 1 aliphatic heterocycles. The minimum absolute atomic E-state index is 0.0116. The van der Waals surface area contributed by atoms with Crippen LogP contribution in [0.15, 0.2) is 67.0 Å². The Morgan fingerprint density at radius 2 is 1.92 bits per heavy atom. The molecule has 0 saturated heterocycles. The van der Waals surface area contributed by atoms with E-state index in [1.165, 1.54) is 0 Å². The largest absolute Gasteiger partial charge is 0.383 e. The molecule has 0 fully saturated rings. The van der Waals surface area contributed by atoms with Crippen LogP contribution in [-0.4, -0.2) is 40.8 Å². The number of amides is 1.